The Morgan fingerprint density at radius 2 is 2.05 bits per heavy atom. The summed E-state index contributed by atoms with van der Waals surface area (Å²) in [5.74, 6) is -0.190. The van der Waals surface area contributed by atoms with Gasteiger partial charge in [-0.15, -0.1) is 0 Å². The van der Waals surface area contributed by atoms with Gasteiger partial charge in [0.2, 0.25) is 5.91 Å². The molecule has 0 saturated carbocycles. The molecule has 0 aliphatic rings. The lowest BCUT2D eigenvalue weighted by molar-refractivity contribution is -0.121. The van der Waals surface area contributed by atoms with Gasteiger partial charge in [0.15, 0.2) is 0 Å². The van der Waals surface area contributed by atoms with E-state index in [1.54, 1.807) is 12.1 Å². The normalized spacial score (nSPS) is 12.2. The largest absolute Gasteiger partial charge is 0.353 e. The summed E-state index contributed by atoms with van der Waals surface area (Å²) < 4.78 is 13.6. The highest BCUT2D eigenvalue weighted by atomic mass is 79.9. The van der Waals surface area contributed by atoms with Gasteiger partial charge in [-0.05, 0) is 66.4 Å². The zero-order valence-corrected chi connectivity index (χ0v) is 14.1. The fraction of sp³-hybridized carbons (Fsp3) is 0.562. The molecule has 0 aliphatic heterocycles. The van der Waals surface area contributed by atoms with Gasteiger partial charge in [0.1, 0.15) is 5.82 Å². The van der Waals surface area contributed by atoms with Crippen LogP contribution in [0.4, 0.5) is 4.39 Å². The molecule has 118 valence electrons. The van der Waals surface area contributed by atoms with Crippen molar-refractivity contribution >= 4 is 21.8 Å². The van der Waals surface area contributed by atoms with Crippen LogP contribution in [0.15, 0.2) is 22.7 Å². The van der Waals surface area contributed by atoms with Crippen LogP contribution < -0.4 is 11.1 Å². The Kier molecular flexibility index (Phi) is 8.54. The number of benzene rings is 1. The second kappa shape index (κ2) is 9.90. The summed E-state index contributed by atoms with van der Waals surface area (Å²) in [4.78, 5) is 11.8. The van der Waals surface area contributed by atoms with E-state index in [1.165, 1.54) is 6.07 Å². The van der Waals surface area contributed by atoms with E-state index in [2.05, 4.69) is 21.2 Å². The molecule has 1 unspecified atom stereocenters. The number of nitrogens with one attached hydrogen (secondary N) is 1. The molecule has 0 saturated heterocycles. The van der Waals surface area contributed by atoms with Crippen molar-refractivity contribution in [2.45, 2.75) is 51.5 Å². The molecule has 0 aromatic heterocycles. The Morgan fingerprint density at radius 3 is 2.71 bits per heavy atom. The van der Waals surface area contributed by atoms with Crippen molar-refractivity contribution in [2.24, 2.45) is 5.73 Å². The minimum absolute atomic E-state index is 0.0407. The maximum atomic E-state index is 13.1. The number of unbranched alkanes of at least 4 members (excludes halogenated alkanes) is 3. The van der Waals surface area contributed by atoms with Gasteiger partial charge in [-0.25, -0.2) is 4.39 Å². The van der Waals surface area contributed by atoms with Crippen LogP contribution in [0, 0.1) is 5.82 Å². The van der Waals surface area contributed by atoms with Crippen LogP contribution in [0.3, 0.4) is 0 Å². The van der Waals surface area contributed by atoms with E-state index >= 15 is 0 Å². The third-order valence-electron chi connectivity index (χ3n) is 3.29. The second-order valence-electron chi connectivity index (χ2n) is 5.37. The van der Waals surface area contributed by atoms with Gasteiger partial charge in [0, 0.05) is 12.5 Å². The monoisotopic (exact) mass is 358 g/mol. The molecule has 0 aliphatic carbocycles. The number of carbonyl (C=O) groups excluding carboxylic acids is 1. The first-order valence-electron chi connectivity index (χ1n) is 7.46. The molecule has 0 heterocycles. The summed E-state index contributed by atoms with van der Waals surface area (Å²) in [6, 6.07) is 4.98. The number of carbonyl (C=O) groups is 1. The van der Waals surface area contributed by atoms with E-state index in [4.69, 9.17) is 5.73 Å². The summed E-state index contributed by atoms with van der Waals surface area (Å²) in [5, 5.41) is 2.98. The molecule has 3 N–H and O–H groups in total. The molecule has 1 atom stereocenters. The van der Waals surface area contributed by atoms with E-state index in [-0.39, 0.29) is 17.8 Å². The molecule has 0 radical (unpaired) electrons. The highest BCUT2D eigenvalue weighted by Crippen LogP contribution is 2.17. The predicted molar refractivity (Wildman–Crippen MR) is 87.5 cm³/mol. The SMILES string of the molecule is CC(Cc1ccc(F)c(Br)c1)NC(=O)CCCCCCN. The standard InChI is InChI=1S/C16H24BrFN2O/c1-12(10-13-7-8-15(18)14(17)11-13)20-16(21)6-4-2-3-5-9-19/h7-8,11-12H,2-6,9-10,19H2,1H3,(H,20,21). The number of halogens is 2. The highest BCUT2D eigenvalue weighted by molar-refractivity contribution is 9.10. The van der Waals surface area contributed by atoms with Crippen LogP contribution in [0.5, 0.6) is 0 Å². The van der Waals surface area contributed by atoms with Crippen LogP contribution in [0.2, 0.25) is 0 Å². The van der Waals surface area contributed by atoms with Crippen molar-refractivity contribution in [2.75, 3.05) is 6.54 Å². The molecule has 21 heavy (non-hydrogen) atoms. The van der Waals surface area contributed by atoms with E-state index < -0.39 is 0 Å². The quantitative estimate of drug-likeness (QED) is 0.663. The van der Waals surface area contributed by atoms with Crippen LogP contribution in [0.1, 0.15) is 44.6 Å². The highest BCUT2D eigenvalue weighted by Gasteiger charge is 2.09. The van der Waals surface area contributed by atoms with E-state index in [0.29, 0.717) is 17.3 Å². The molecule has 1 rings (SSSR count). The van der Waals surface area contributed by atoms with Crippen molar-refractivity contribution < 1.29 is 9.18 Å². The van der Waals surface area contributed by atoms with E-state index in [0.717, 1.165) is 37.8 Å². The number of hydrogen-bond acceptors (Lipinski definition) is 2. The lowest BCUT2D eigenvalue weighted by atomic mass is 10.1. The molecule has 0 spiro atoms. The zero-order valence-electron chi connectivity index (χ0n) is 12.5. The average Bonchev–Trinajstić information content (AvgIpc) is 2.42. The van der Waals surface area contributed by atoms with E-state index in [1.807, 2.05) is 6.92 Å². The molecule has 3 nitrogen and oxygen atoms in total. The van der Waals surface area contributed by atoms with Gasteiger partial charge in [-0.3, -0.25) is 4.79 Å². The number of hydrogen-bond donors (Lipinski definition) is 2. The van der Waals surface area contributed by atoms with Crippen LogP contribution in [0.25, 0.3) is 0 Å². The Bertz CT molecular complexity index is 454. The molecule has 0 fully saturated rings. The first-order valence-corrected chi connectivity index (χ1v) is 8.25. The molecule has 5 heteroatoms. The van der Waals surface area contributed by atoms with Gasteiger partial charge in [-0.2, -0.15) is 0 Å². The minimum Gasteiger partial charge on any atom is -0.353 e. The van der Waals surface area contributed by atoms with Crippen molar-refractivity contribution in [3.05, 3.63) is 34.1 Å². The van der Waals surface area contributed by atoms with Gasteiger partial charge in [0.25, 0.3) is 0 Å². The second-order valence-corrected chi connectivity index (χ2v) is 6.23. The maximum absolute atomic E-state index is 13.1. The van der Waals surface area contributed by atoms with Gasteiger partial charge in [-0.1, -0.05) is 18.9 Å². The summed E-state index contributed by atoms with van der Waals surface area (Å²) in [7, 11) is 0. The van der Waals surface area contributed by atoms with Crippen LogP contribution >= 0.6 is 15.9 Å². The third kappa shape index (κ3) is 7.58. The van der Waals surface area contributed by atoms with Crippen LogP contribution in [-0.4, -0.2) is 18.5 Å². The first-order chi connectivity index (χ1) is 10.0. The van der Waals surface area contributed by atoms with E-state index in [9.17, 15) is 9.18 Å². The fourth-order valence-corrected chi connectivity index (χ4v) is 2.63. The van der Waals surface area contributed by atoms with Crippen LogP contribution in [-0.2, 0) is 11.2 Å². The lowest BCUT2D eigenvalue weighted by Gasteiger charge is -2.14. The summed E-state index contributed by atoms with van der Waals surface area (Å²) in [6.45, 7) is 2.68. The van der Waals surface area contributed by atoms with Crippen molar-refractivity contribution in [3.8, 4) is 0 Å². The topological polar surface area (TPSA) is 55.1 Å². The Hall–Kier alpha value is -0.940. The number of amides is 1. The average molecular weight is 359 g/mol. The Balaban J connectivity index is 2.27. The summed E-state index contributed by atoms with van der Waals surface area (Å²) in [5.41, 5.74) is 6.42. The van der Waals surface area contributed by atoms with Crippen molar-refractivity contribution in [1.29, 1.82) is 0 Å². The minimum atomic E-state index is -0.270. The molecule has 1 aromatic rings. The van der Waals surface area contributed by atoms with Gasteiger partial charge >= 0.3 is 0 Å². The zero-order chi connectivity index (χ0) is 15.7. The number of rotatable bonds is 9. The van der Waals surface area contributed by atoms with Gasteiger partial charge < -0.3 is 11.1 Å². The fourth-order valence-electron chi connectivity index (χ4n) is 2.20. The first kappa shape index (κ1) is 18.1. The van der Waals surface area contributed by atoms with Crippen molar-refractivity contribution in [1.82, 2.24) is 5.32 Å². The maximum Gasteiger partial charge on any atom is 0.220 e. The molecule has 1 aromatic carbocycles. The summed E-state index contributed by atoms with van der Waals surface area (Å²) in [6.07, 6.45) is 5.31. The molecule has 0 bridgehead atoms. The molecular weight excluding hydrogens is 335 g/mol. The molecule has 1 amide bonds. The smallest absolute Gasteiger partial charge is 0.220 e. The number of nitrogens with two attached hydrogens (primary N) is 1. The molecular formula is C16H24BrFN2O. The third-order valence-corrected chi connectivity index (χ3v) is 3.90. The summed E-state index contributed by atoms with van der Waals surface area (Å²) >= 11 is 3.17. The predicted octanol–water partition coefficient (Wildman–Crippen LogP) is 3.54. The Morgan fingerprint density at radius 1 is 1.33 bits per heavy atom. The Labute approximate surface area is 134 Å². The van der Waals surface area contributed by atoms with Gasteiger partial charge in [0.05, 0.1) is 4.47 Å². The van der Waals surface area contributed by atoms with Crippen molar-refractivity contribution in [3.63, 3.8) is 0 Å². The lowest BCUT2D eigenvalue weighted by Crippen LogP contribution is -2.33.